The topological polar surface area (TPSA) is 34.4 Å². The highest BCUT2D eigenvalue weighted by Crippen LogP contribution is 2.26. The average Bonchev–Trinajstić information content (AvgIpc) is 2.75. The molecule has 0 aliphatic rings. The molecule has 0 spiro atoms. The number of furan rings is 1. The molecule has 3 nitrogen and oxygen atoms in total. The highest BCUT2D eigenvalue weighted by atomic mass is 16.5. The van der Waals surface area contributed by atoms with Crippen LogP contribution >= 0.6 is 0 Å². The van der Waals surface area contributed by atoms with Crippen molar-refractivity contribution in [3.63, 3.8) is 0 Å². The van der Waals surface area contributed by atoms with Gasteiger partial charge in [0.25, 0.3) is 0 Å². The van der Waals surface area contributed by atoms with Crippen LogP contribution in [-0.4, -0.2) is 13.2 Å². The second-order valence-electron chi connectivity index (χ2n) is 4.56. The number of hydrogen-bond donors (Lipinski definition) is 1. The van der Waals surface area contributed by atoms with Crippen molar-refractivity contribution in [2.45, 2.75) is 39.5 Å². The van der Waals surface area contributed by atoms with Gasteiger partial charge in [0.2, 0.25) is 0 Å². The van der Waals surface area contributed by atoms with Crippen molar-refractivity contribution in [1.82, 2.24) is 5.32 Å². The number of hydrogen-bond acceptors (Lipinski definition) is 3. The van der Waals surface area contributed by atoms with Crippen LogP contribution in [0.3, 0.4) is 0 Å². The lowest BCUT2D eigenvalue weighted by Gasteiger charge is -2.10. The molecule has 0 saturated heterocycles. The van der Waals surface area contributed by atoms with E-state index in [2.05, 4.69) is 25.2 Å². The zero-order valence-corrected chi connectivity index (χ0v) is 11.3. The maximum atomic E-state index is 5.88. The molecule has 1 unspecified atom stereocenters. The first-order valence-corrected chi connectivity index (χ1v) is 6.51. The van der Waals surface area contributed by atoms with E-state index in [4.69, 9.17) is 9.15 Å². The molecule has 0 radical (unpaired) electrons. The molecule has 98 valence electrons. The number of ether oxygens (including phenoxy) is 1. The molecule has 1 heterocycles. The van der Waals surface area contributed by atoms with Gasteiger partial charge in [0.15, 0.2) is 0 Å². The maximum Gasteiger partial charge on any atom is 0.135 e. The predicted molar refractivity (Wildman–Crippen MR) is 73.5 cm³/mol. The largest absolute Gasteiger partial charge is 0.458 e. The molecule has 1 aromatic heterocycles. The molecule has 0 aliphatic carbocycles. The van der Waals surface area contributed by atoms with E-state index in [1.54, 1.807) is 0 Å². The van der Waals surface area contributed by atoms with Crippen LogP contribution in [-0.2, 0) is 17.9 Å². The minimum Gasteiger partial charge on any atom is -0.458 e. The van der Waals surface area contributed by atoms with E-state index in [0.717, 1.165) is 24.3 Å². The Morgan fingerprint density at radius 2 is 2.11 bits per heavy atom. The van der Waals surface area contributed by atoms with E-state index >= 15 is 0 Å². The quantitative estimate of drug-likeness (QED) is 0.848. The van der Waals surface area contributed by atoms with Crippen molar-refractivity contribution in [1.29, 1.82) is 0 Å². The average molecular weight is 247 g/mol. The number of rotatable bonds is 6. The Bertz CT molecular complexity index is 504. The summed E-state index contributed by atoms with van der Waals surface area (Å²) < 4.78 is 11.7. The van der Waals surface area contributed by atoms with Gasteiger partial charge in [0, 0.05) is 17.5 Å². The van der Waals surface area contributed by atoms with Crippen LogP contribution in [0, 0.1) is 0 Å². The van der Waals surface area contributed by atoms with E-state index in [9.17, 15) is 0 Å². The van der Waals surface area contributed by atoms with Crippen molar-refractivity contribution in [3.05, 3.63) is 35.6 Å². The summed E-state index contributed by atoms with van der Waals surface area (Å²) in [4.78, 5) is 0. The summed E-state index contributed by atoms with van der Waals surface area (Å²) in [5.41, 5.74) is 2.14. The first-order chi connectivity index (χ1) is 8.76. The molecule has 3 heteroatoms. The Morgan fingerprint density at radius 3 is 2.83 bits per heavy atom. The smallest absolute Gasteiger partial charge is 0.135 e. The van der Waals surface area contributed by atoms with Gasteiger partial charge >= 0.3 is 0 Å². The number of nitrogens with one attached hydrogen (secondary N) is 1. The normalized spacial score (nSPS) is 13.1. The Hall–Kier alpha value is -1.32. The summed E-state index contributed by atoms with van der Waals surface area (Å²) in [5.74, 6) is 0.936. The van der Waals surface area contributed by atoms with Crippen molar-refractivity contribution >= 4 is 11.0 Å². The van der Waals surface area contributed by atoms with Gasteiger partial charge in [-0.1, -0.05) is 25.1 Å². The predicted octanol–water partition coefficient (Wildman–Crippen LogP) is 3.47. The fourth-order valence-corrected chi connectivity index (χ4v) is 1.97. The van der Waals surface area contributed by atoms with Gasteiger partial charge in [-0.15, -0.1) is 0 Å². The molecule has 18 heavy (non-hydrogen) atoms. The molecule has 0 bridgehead atoms. The van der Waals surface area contributed by atoms with E-state index in [1.165, 1.54) is 10.9 Å². The molecule has 2 aromatic rings. The van der Waals surface area contributed by atoms with Crippen molar-refractivity contribution in [2.24, 2.45) is 0 Å². The number of fused-ring (bicyclic) bond motifs is 1. The fourth-order valence-electron chi connectivity index (χ4n) is 1.97. The molecule has 0 amide bonds. The molecule has 1 atom stereocenters. The van der Waals surface area contributed by atoms with Crippen LogP contribution in [0.15, 0.2) is 28.7 Å². The monoisotopic (exact) mass is 247 g/mol. The number of para-hydroxylation sites is 1. The summed E-state index contributed by atoms with van der Waals surface area (Å²) in [6.45, 7) is 5.55. The highest BCUT2D eigenvalue weighted by Gasteiger charge is 2.13. The van der Waals surface area contributed by atoms with E-state index < -0.39 is 0 Å². The minimum atomic E-state index is 0.264. The van der Waals surface area contributed by atoms with Gasteiger partial charge in [-0.2, -0.15) is 0 Å². The van der Waals surface area contributed by atoms with E-state index in [0.29, 0.717) is 6.61 Å². The van der Waals surface area contributed by atoms with Gasteiger partial charge in [-0.25, -0.2) is 0 Å². The second kappa shape index (κ2) is 6.03. The summed E-state index contributed by atoms with van der Waals surface area (Å²) in [6.07, 6.45) is 1.28. The standard InChI is InChI=1S/C15H21NO2/c1-4-11(2)17-10-15-13(9-16-3)12-7-5-6-8-14(12)18-15/h5-8,11,16H,4,9-10H2,1-3H3. The Morgan fingerprint density at radius 1 is 1.33 bits per heavy atom. The fraction of sp³-hybridized carbons (Fsp3) is 0.467. The number of benzene rings is 1. The van der Waals surface area contributed by atoms with Gasteiger partial charge in [0.05, 0.1) is 6.10 Å². The Balaban J connectivity index is 2.27. The summed E-state index contributed by atoms with van der Waals surface area (Å²) in [7, 11) is 1.95. The van der Waals surface area contributed by atoms with Crippen molar-refractivity contribution < 1.29 is 9.15 Å². The third kappa shape index (κ3) is 2.74. The lowest BCUT2D eigenvalue weighted by Crippen LogP contribution is -2.10. The van der Waals surface area contributed by atoms with Crippen molar-refractivity contribution in [2.75, 3.05) is 7.05 Å². The molecular weight excluding hydrogens is 226 g/mol. The zero-order valence-electron chi connectivity index (χ0n) is 11.3. The first kappa shape index (κ1) is 13.1. The SMILES string of the molecule is CCC(C)OCc1oc2ccccc2c1CNC. The van der Waals surface area contributed by atoms with Gasteiger partial charge in [-0.05, 0) is 26.5 Å². The molecule has 0 saturated carbocycles. The second-order valence-corrected chi connectivity index (χ2v) is 4.56. The third-order valence-corrected chi connectivity index (χ3v) is 3.21. The van der Waals surface area contributed by atoms with E-state index in [-0.39, 0.29) is 6.10 Å². The first-order valence-electron chi connectivity index (χ1n) is 6.51. The minimum absolute atomic E-state index is 0.264. The summed E-state index contributed by atoms with van der Waals surface area (Å²) >= 11 is 0. The maximum absolute atomic E-state index is 5.88. The summed E-state index contributed by atoms with van der Waals surface area (Å²) in [6, 6.07) is 8.13. The molecule has 1 N–H and O–H groups in total. The van der Waals surface area contributed by atoms with Crippen LogP contribution in [0.1, 0.15) is 31.6 Å². The lowest BCUT2D eigenvalue weighted by atomic mass is 10.1. The molecular formula is C15H21NO2. The lowest BCUT2D eigenvalue weighted by molar-refractivity contribution is 0.0408. The summed E-state index contributed by atoms with van der Waals surface area (Å²) in [5, 5.41) is 4.36. The highest BCUT2D eigenvalue weighted by molar-refractivity contribution is 5.82. The van der Waals surface area contributed by atoms with Gasteiger partial charge in [-0.3, -0.25) is 0 Å². The molecule has 2 rings (SSSR count). The van der Waals surface area contributed by atoms with Gasteiger partial charge < -0.3 is 14.5 Å². The Kier molecular flexibility index (Phi) is 4.39. The Labute approximate surface area is 108 Å². The van der Waals surface area contributed by atoms with Crippen LogP contribution in [0.25, 0.3) is 11.0 Å². The third-order valence-electron chi connectivity index (χ3n) is 3.21. The molecule has 1 aromatic carbocycles. The van der Waals surface area contributed by atoms with Crippen LogP contribution < -0.4 is 5.32 Å². The van der Waals surface area contributed by atoms with Crippen molar-refractivity contribution in [3.8, 4) is 0 Å². The molecule has 0 aliphatic heterocycles. The molecule has 0 fully saturated rings. The zero-order chi connectivity index (χ0) is 13.0. The van der Waals surface area contributed by atoms with Crippen LogP contribution in [0.2, 0.25) is 0 Å². The van der Waals surface area contributed by atoms with Crippen LogP contribution in [0.5, 0.6) is 0 Å². The van der Waals surface area contributed by atoms with E-state index in [1.807, 2.05) is 25.2 Å². The van der Waals surface area contributed by atoms with Crippen LogP contribution in [0.4, 0.5) is 0 Å². The van der Waals surface area contributed by atoms with Gasteiger partial charge in [0.1, 0.15) is 18.0 Å².